The van der Waals surface area contributed by atoms with Crippen LogP contribution < -0.4 is 16.0 Å². The quantitative estimate of drug-likeness (QED) is 0.0375. The van der Waals surface area contributed by atoms with Crippen molar-refractivity contribution >= 4 is 53.1 Å². The summed E-state index contributed by atoms with van der Waals surface area (Å²) in [6, 6.07) is 8.63. The number of pyridine rings is 2. The number of hydrogen-bond donors (Lipinski definition) is 7. The van der Waals surface area contributed by atoms with Crippen molar-refractivity contribution in [2.45, 2.75) is 273 Å². The fourth-order valence-corrected chi connectivity index (χ4v) is 7.47. The SMILES string of the molecule is C.C.C.C.C.C.C.C.C.C.C.C.C.C.C.C.C.C.CCCCC(C)C(C)C(CC(=O)O)C(=O)Nc1ccccn1.CCCCC(C)C(C)C(CC(=O)O)C(=O)Nc1ccncc1.CCCCC(C)C(C)C(CC(=O)O)C(=O)Nc1ncn[nH]1. The molecule has 0 saturated carbocycles. The molecule has 0 aromatic carbocycles. The number of anilines is 3. The van der Waals surface area contributed by atoms with Crippen LogP contribution >= 0.6 is 0 Å². The van der Waals surface area contributed by atoms with Crippen LogP contribution in [0.15, 0.2) is 55.2 Å². The molecule has 17 nitrogen and oxygen atoms in total. The van der Waals surface area contributed by atoms with Gasteiger partial charge in [-0.3, -0.25) is 39.1 Å². The first-order valence-corrected chi connectivity index (χ1v) is 23.1. The third-order valence-corrected chi connectivity index (χ3v) is 12.4. The Bertz CT molecular complexity index is 1730. The molecule has 0 fully saturated rings. The number of hydrogen-bond acceptors (Lipinski definition) is 10. The minimum atomic E-state index is -0.970. The predicted octanol–water partition coefficient (Wildman–Crippen LogP) is 20.9. The lowest BCUT2D eigenvalue weighted by Crippen LogP contribution is -2.33. The molecule has 0 bridgehead atoms. The van der Waals surface area contributed by atoms with Crippen LogP contribution in [0.1, 0.15) is 273 Å². The van der Waals surface area contributed by atoms with Crippen LogP contribution in [-0.2, 0) is 28.8 Å². The molecule has 506 valence electrons. The minimum Gasteiger partial charge on any atom is -0.481 e. The Labute approximate surface area is 517 Å². The number of rotatable bonds is 27. The second kappa shape index (κ2) is 72.4. The van der Waals surface area contributed by atoms with Gasteiger partial charge in [-0.25, -0.2) is 10.1 Å². The molecular formula is C66H148N8O9. The van der Waals surface area contributed by atoms with E-state index in [1.807, 2.05) is 20.8 Å². The van der Waals surface area contributed by atoms with Crippen LogP contribution in [0, 0.1) is 53.3 Å². The number of carbonyl (C=O) groups excluding carboxylic acids is 3. The van der Waals surface area contributed by atoms with Gasteiger partial charge in [-0.15, -0.1) is 0 Å². The van der Waals surface area contributed by atoms with E-state index in [9.17, 15) is 28.8 Å². The Kier molecular flexibility index (Phi) is 112. The Morgan fingerprint density at radius 2 is 0.771 bits per heavy atom. The maximum Gasteiger partial charge on any atom is 0.304 e. The normalized spacial score (nSPS) is 11.7. The number of nitrogens with zero attached hydrogens (tertiary/aromatic N) is 4. The van der Waals surface area contributed by atoms with Gasteiger partial charge in [0.05, 0.1) is 37.0 Å². The molecule has 0 radical (unpaired) electrons. The molecule has 0 saturated heterocycles. The number of unbranched alkanes of at least 4 members (excludes halogenated alkanes) is 3. The zero-order valence-corrected chi connectivity index (χ0v) is 40.0. The summed E-state index contributed by atoms with van der Waals surface area (Å²) in [4.78, 5) is 82.3. The van der Waals surface area contributed by atoms with E-state index in [0.717, 1.165) is 57.8 Å². The van der Waals surface area contributed by atoms with E-state index < -0.39 is 35.7 Å². The molecule has 0 aliphatic heterocycles. The Morgan fingerprint density at radius 1 is 0.446 bits per heavy atom. The highest BCUT2D eigenvalue weighted by Crippen LogP contribution is 2.31. The monoisotopic (exact) mass is 1200 g/mol. The van der Waals surface area contributed by atoms with Gasteiger partial charge in [0.25, 0.3) is 0 Å². The zero-order chi connectivity index (χ0) is 48.9. The van der Waals surface area contributed by atoms with Crippen molar-refractivity contribution in [3.63, 3.8) is 0 Å². The van der Waals surface area contributed by atoms with E-state index in [0.29, 0.717) is 23.3 Å². The fraction of sp³-hybridized carbons (Fsp3) is 0.727. The van der Waals surface area contributed by atoms with E-state index in [1.54, 1.807) is 48.9 Å². The molecule has 9 unspecified atom stereocenters. The Morgan fingerprint density at radius 3 is 1.05 bits per heavy atom. The van der Waals surface area contributed by atoms with Crippen molar-refractivity contribution in [1.82, 2.24) is 25.1 Å². The van der Waals surface area contributed by atoms with Crippen LogP contribution in [0.5, 0.6) is 0 Å². The lowest BCUT2D eigenvalue weighted by molar-refractivity contribution is -0.141. The van der Waals surface area contributed by atoms with E-state index in [-0.39, 0.29) is 200 Å². The van der Waals surface area contributed by atoms with Crippen molar-refractivity contribution in [1.29, 1.82) is 0 Å². The second-order valence-corrected chi connectivity index (χ2v) is 17.3. The molecule has 7 N–H and O–H groups in total. The Hall–Kier alpha value is -5.74. The fourth-order valence-electron chi connectivity index (χ4n) is 7.47. The molecule has 3 heterocycles. The molecular weight excluding hydrogens is 1050 g/mol. The maximum atomic E-state index is 12.5. The molecule has 3 amide bonds. The highest BCUT2D eigenvalue weighted by molar-refractivity contribution is 5.95. The average Bonchev–Trinajstić information content (AvgIpc) is 3.79. The molecule has 3 aromatic rings. The molecule has 9 atom stereocenters. The van der Waals surface area contributed by atoms with Crippen molar-refractivity contribution in [3.8, 4) is 0 Å². The van der Waals surface area contributed by atoms with Crippen molar-refractivity contribution in [3.05, 3.63) is 55.2 Å². The maximum absolute atomic E-state index is 12.5. The number of aromatic amines is 1. The van der Waals surface area contributed by atoms with Gasteiger partial charge in [-0.2, -0.15) is 10.1 Å². The third kappa shape index (κ3) is 52.8. The van der Waals surface area contributed by atoms with Gasteiger partial charge in [0.1, 0.15) is 12.1 Å². The standard InChI is InChI=1S/2C17H26N2O3.C14H24N4O3.18CH4/c1-4-5-8-12(2)13(3)14(11-16(20)21)17(22)19-15-9-6-7-10-18-15;1-4-5-6-12(2)13(3)15(11-16(20)21)17(22)19-14-7-9-18-10-8-14;1-4-5-6-9(2)10(3)11(7-12(19)20)13(21)17-14-15-8-16-18-14;;;;;;;;;;;;;;;;;;/h6-7,9-10,12-14H,4-5,8,11H2,1-3H3,(H,20,21)(H,18,19,22);7-10,12-13,15H,4-6,11H2,1-3H3,(H,20,21)(H,18,19,22);8-11H,4-7H2,1-3H3,(H,19,20)(H2,15,16,17,18,21);18*1H4. The largest absolute Gasteiger partial charge is 0.481 e. The lowest BCUT2D eigenvalue weighted by Gasteiger charge is -2.27. The van der Waals surface area contributed by atoms with Crippen molar-refractivity contribution in [2.24, 2.45) is 53.3 Å². The number of nitrogens with one attached hydrogen (secondary N) is 4. The van der Waals surface area contributed by atoms with E-state index in [1.165, 1.54) is 6.33 Å². The van der Waals surface area contributed by atoms with Crippen LogP contribution in [0.3, 0.4) is 0 Å². The Balaban J connectivity index is -0.0000000431. The average molecular weight is 1200 g/mol. The molecule has 83 heavy (non-hydrogen) atoms. The summed E-state index contributed by atoms with van der Waals surface area (Å²) in [5.41, 5.74) is 0.642. The van der Waals surface area contributed by atoms with E-state index in [4.69, 9.17) is 15.3 Å². The first kappa shape index (κ1) is 128. The van der Waals surface area contributed by atoms with Gasteiger partial charge >= 0.3 is 17.9 Å². The van der Waals surface area contributed by atoms with Crippen molar-refractivity contribution in [2.75, 3.05) is 16.0 Å². The first-order valence-electron chi connectivity index (χ1n) is 23.1. The van der Waals surface area contributed by atoms with E-state index >= 15 is 0 Å². The number of amides is 3. The predicted molar refractivity (Wildman–Crippen MR) is 373 cm³/mol. The van der Waals surface area contributed by atoms with Gasteiger partial charge in [0, 0.05) is 24.3 Å². The summed E-state index contributed by atoms with van der Waals surface area (Å²) in [5, 5.41) is 41.6. The summed E-state index contributed by atoms with van der Waals surface area (Å²) >= 11 is 0. The molecule has 0 spiro atoms. The highest BCUT2D eigenvalue weighted by Gasteiger charge is 2.33. The van der Waals surface area contributed by atoms with Crippen LogP contribution in [-0.4, -0.2) is 76.1 Å². The number of aliphatic carboxylic acids is 3. The molecule has 0 aliphatic rings. The summed E-state index contributed by atoms with van der Waals surface area (Å²) < 4.78 is 0. The number of carboxylic acid groups (broad SMARTS) is 3. The second-order valence-electron chi connectivity index (χ2n) is 17.3. The van der Waals surface area contributed by atoms with Gasteiger partial charge < -0.3 is 26.0 Å². The summed E-state index contributed by atoms with van der Waals surface area (Å²) in [7, 11) is 0. The van der Waals surface area contributed by atoms with Gasteiger partial charge in [0.15, 0.2) is 0 Å². The smallest absolute Gasteiger partial charge is 0.304 e. The summed E-state index contributed by atoms with van der Waals surface area (Å²) in [6.07, 6.45) is 15.1. The van der Waals surface area contributed by atoms with Crippen LogP contribution in [0.4, 0.5) is 17.5 Å². The van der Waals surface area contributed by atoms with Gasteiger partial charge in [-0.1, -0.05) is 260 Å². The minimum absolute atomic E-state index is 0. The van der Waals surface area contributed by atoms with E-state index in [2.05, 4.69) is 82.6 Å². The van der Waals surface area contributed by atoms with Gasteiger partial charge in [0.2, 0.25) is 23.7 Å². The van der Waals surface area contributed by atoms with Gasteiger partial charge in [-0.05, 0) is 59.8 Å². The van der Waals surface area contributed by atoms with Crippen LogP contribution in [0.2, 0.25) is 0 Å². The van der Waals surface area contributed by atoms with Crippen LogP contribution in [0.25, 0.3) is 0 Å². The molecule has 0 aliphatic carbocycles. The lowest BCUT2D eigenvalue weighted by atomic mass is 9.79. The number of carbonyl (C=O) groups is 6. The first-order chi connectivity index (χ1) is 30.9. The highest BCUT2D eigenvalue weighted by atomic mass is 16.4. The zero-order valence-electron chi connectivity index (χ0n) is 40.0. The number of carboxylic acids is 3. The number of H-pyrrole nitrogens is 1. The number of aromatic nitrogens is 5. The molecule has 17 heteroatoms. The molecule has 3 aromatic heterocycles. The third-order valence-electron chi connectivity index (χ3n) is 12.4. The molecule has 3 rings (SSSR count). The summed E-state index contributed by atoms with van der Waals surface area (Å²) in [5.74, 6) is -3.75. The van der Waals surface area contributed by atoms with Crippen molar-refractivity contribution < 1.29 is 44.1 Å². The summed E-state index contributed by atoms with van der Waals surface area (Å²) in [6.45, 7) is 18.5. The topological polar surface area (TPSA) is 267 Å².